The third kappa shape index (κ3) is 2.49. The molecule has 1 atom stereocenters. The Hall–Kier alpha value is -2.60. The molecule has 0 aliphatic heterocycles. The van der Waals surface area contributed by atoms with E-state index in [-0.39, 0.29) is 11.7 Å². The average molecular weight is 338 g/mol. The first kappa shape index (κ1) is 15.0. The standard InChI is InChI=1S/C18H15FN4S/c1-11(17-22-23-12(2)20-21-18(23)24-17)14-8-9-15(16(19)10-14)13-6-4-3-5-7-13/h3-11H,1-2H3/t11-/m0/s1. The smallest absolute Gasteiger partial charge is 0.206 e. The molecule has 0 N–H and O–H groups in total. The van der Waals surface area contributed by atoms with Gasteiger partial charge in [-0.25, -0.2) is 4.39 Å². The summed E-state index contributed by atoms with van der Waals surface area (Å²) in [7, 11) is 0. The van der Waals surface area contributed by atoms with Crippen molar-refractivity contribution >= 4 is 16.3 Å². The molecule has 0 aliphatic carbocycles. The van der Waals surface area contributed by atoms with Gasteiger partial charge in [0.2, 0.25) is 4.96 Å². The molecular formula is C18H15FN4S. The molecule has 0 spiro atoms. The summed E-state index contributed by atoms with van der Waals surface area (Å²) in [4.78, 5) is 0.760. The number of fused-ring (bicyclic) bond motifs is 1. The first-order valence-corrected chi connectivity index (χ1v) is 8.49. The van der Waals surface area contributed by atoms with Gasteiger partial charge in [-0.15, -0.1) is 10.2 Å². The molecule has 0 saturated heterocycles. The van der Waals surface area contributed by atoms with Crippen LogP contribution < -0.4 is 0 Å². The lowest BCUT2D eigenvalue weighted by atomic mass is 9.97. The van der Waals surface area contributed by atoms with E-state index in [0.717, 1.165) is 26.9 Å². The second-order valence-electron chi connectivity index (χ2n) is 5.71. The molecule has 2 heterocycles. The van der Waals surface area contributed by atoms with E-state index < -0.39 is 0 Å². The Balaban J connectivity index is 1.70. The Labute approximate surface area is 142 Å². The third-order valence-electron chi connectivity index (χ3n) is 4.11. The summed E-state index contributed by atoms with van der Waals surface area (Å²) in [5.41, 5.74) is 2.39. The molecule has 6 heteroatoms. The topological polar surface area (TPSA) is 43.1 Å². The lowest BCUT2D eigenvalue weighted by molar-refractivity contribution is 0.627. The van der Waals surface area contributed by atoms with Crippen molar-refractivity contribution < 1.29 is 4.39 Å². The Kier molecular flexibility index (Phi) is 3.61. The summed E-state index contributed by atoms with van der Waals surface area (Å²) >= 11 is 1.48. The van der Waals surface area contributed by atoms with Crippen LogP contribution in [0.1, 0.15) is 29.2 Å². The first-order chi connectivity index (χ1) is 11.6. The van der Waals surface area contributed by atoms with Crippen LogP contribution >= 0.6 is 11.3 Å². The molecule has 4 nitrogen and oxygen atoms in total. The Morgan fingerprint density at radius 1 is 1.08 bits per heavy atom. The van der Waals surface area contributed by atoms with Gasteiger partial charge >= 0.3 is 0 Å². The van der Waals surface area contributed by atoms with E-state index >= 15 is 0 Å². The Morgan fingerprint density at radius 2 is 1.88 bits per heavy atom. The monoisotopic (exact) mass is 338 g/mol. The zero-order chi connectivity index (χ0) is 16.7. The molecule has 0 bridgehead atoms. The lowest BCUT2D eigenvalue weighted by Gasteiger charge is -2.11. The van der Waals surface area contributed by atoms with Gasteiger partial charge in [-0.05, 0) is 24.1 Å². The van der Waals surface area contributed by atoms with Crippen molar-refractivity contribution in [2.45, 2.75) is 19.8 Å². The molecule has 24 heavy (non-hydrogen) atoms. The molecule has 0 unspecified atom stereocenters. The van der Waals surface area contributed by atoms with Gasteiger partial charge in [-0.3, -0.25) is 0 Å². The van der Waals surface area contributed by atoms with Gasteiger partial charge in [-0.2, -0.15) is 9.61 Å². The molecule has 2 aromatic heterocycles. The third-order valence-corrected chi connectivity index (χ3v) is 5.19. The largest absolute Gasteiger partial charge is 0.234 e. The van der Waals surface area contributed by atoms with E-state index in [2.05, 4.69) is 15.3 Å². The van der Waals surface area contributed by atoms with Crippen LogP contribution in [0.25, 0.3) is 16.1 Å². The number of rotatable bonds is 3. The zero-order valence-electron chi connectivity index (χ0n) is 13.3. The van der Waals surface area contributed by atoms with Crippen LogP contribution in [-0.2, 0) is 0 Å². The summed E-state index contributed by atoms with van der Waals surface area (Å²) in [6.07, 6.45) is 0. The highest BCUT2D eigenvalue weighted by Gasteiger charge is 2.18. The van der Waals surface area contributed by atoms with Crippen LogP contribution in [0.4, 0.5) is 4.39 Å². The predicted octanol–water partition coefficient (Wildman–Crippen LogP) is 4.45. The highest BCUT2D eigenvalue weighted by molar-refractivity contribution is 7.16. The van der Waals surface area contributed by atoms with Crippen molar-refractivity contribution in [3.63, 3.8) is 0 Å². The number of hydrogen-bond donors (Lipinski definition) is 0. The molecule has 4 aromatic rings. The van der Waals surface area contributed by atoms with Crippen LogP contribution in [-0.4, -0.2) is 19.8 Å². The number of halogens is 1. The molecule has 2 aromatic carbocycles. The van der Waals surface area contributed by atoms with Gasteiger partial charge in [0.05, 0.1) is 0 Å². The van der Waals surface area contributed by atoms with Crippen molar-refractivity contribution in [2.24, 2.45) is 0 Å². The van der Waals surface area contributed by atoms with Gasteiger partial charge in [-0.1, -0.05) is 60.7 Å². The van der Waals surface area contributed by atoms with E-state index in [0.29, 0.717) is 5.56 Å². The summed E-state index contributed by atoms with van der Waals surface area (Å²) in [6, 6.07) is 15.0. The Bertz CT molecular complexity index is 1010. The molecule has 0 saturated carbocycles. The quantitative estimate of drug-likeness (QED) is 0.554. The summed E-state index contributed by atoms with van der Waals surface area (Å²) in [6.45, 7) is 3.89. The predicted molar refractivity (Wildman–Crippen MR) is 92.7 cm³/mol. The van der Waals surface area contributed by atoms with Crippen LogP contribution in [0.3, 0.4) is 0 Å². The maximum Gasteiger partial charge on any atom is 0.234 e. The molecular weight excluding hydrogens is 323 g/mol. The highest BCUT2D eigenvalue weighted by Crippen LogP contribution is 2.31. The molecule has 120 valence electrons. The van der Waals surface area contributed by atoms with Gasteiger partial charge < -0.3 is 0 Å². The van der Waals surface area contributed by atoms with Crippen LogP contribution in [0.2, 0.25) is 0 Å². The first-order valence-electron chi connectivity index (χ1n) is 7.67. The van der Waals surface area contributed by atoms with E-state index in [1.807, 2.05) is 56.3 Å². The van der Waals surface area contributed by atoms with E-state index in [9.17, 15) is 4.39 Å². The summed E-state index contributed by atoms with van der Waals surface area (Å²) < 4.78 is 16.3. The number of benzene rings is 2. The fourth-order valence-electron chi connectivity index (χ4n) is 2.70. The second kappa shape index (κ2) is 5.79. The van der Waals surface area contributed by atoms with Gasteiger partial charge in [0.1, 0.15) is 10.8 Å². The van der Waals surface area contributed by atoms with Crippen LogP contribution in [0.5, 0.6) is 0 Å². The minimum absolute atomic E-state index is 0.00424. The normalized spacial score (nSPS) is 12.6. The number of aromatic nitrogens is 4. The highest BCUT2D eigenvalue weighted by atomic mass is 32.1. The molecule has 0 fully saturated rings. The fourth-order valence-corrected chi connectivity index (χ4v) is 3.66. The molecule has 4 rings (SSSR count). The molecule has 0 radical (unpaired) electrons. The second-order valence-corrected chi connectivity index (χ2v) is 6.70. The van der Waals surface area contributed by atoms with Crippen LogP contribution in [0.15, 0.2) is 48.5 Å². The fraction of sp³-hybridized carbons (Fsp3) is 0.167. The van der Waals surface area contributed by atoms with Crippen molar-refractivity contribution in [1.29, 1.82) is 0 Å². The minimum Gasteiger partial charge on any atom is -0.206 e. The van der Waals surface area contributed by atoms with Crippen molar-refractivity contribution in [2.75, 3.05) is 0 Å². The number of nitrogens with zero attached hydrogens (tertiary/aromatic N) is 4. The van der Waals surface area contributed by atoms with Gasteiger partial charge in [0.15, 0.2) is 5.82 Å². The van der Waals surface area contributed by atoms with Crippen molar-refractivity contribution in [3.05, 3.63) is 70.7 Å². The minimum atomic E-state index is -0.218. The summed E-state index contributed by atoms with van der Waals surface area (Å²) in [5.74, 6) is 0.533. The van der Waals surface area contributed by atoms with Crippen molar-refractivity contribution in [3.8, 4) is 11.1 Å². The zero-order valence-corrected chi connectivity index (χ0v) is 14.1. The maximum absolute atomic E-state index is 14.6. The lowest BCUT2D eigenvalue weighted by Crippen LogP contribution is -1.99. The van der Waals surface area contributed by atoms with Gasteiger partial charge in [0.25, 0.3) is 0 Å². The Morgan fingerprint density at radius 3 is 2.58 bits per heavy atom. The van der Waals surface area contributed by atoms with Gasteiger partial charge in [0, 0.05) is 11.5 Å². The van der Waals surface area contributed by atoms with E-state index in [4.69, 9.17) is 0 Å². The van der Waals surface area contributed by atoms with Crippen molar-refractivity contribution in [1.82, 2.24) is 19.8 Å². The molecule has 0 amide bonds. The van der Waals surface area contributed by atoms with E-state index in [1.165, 1.54) is 11.3 Å². The van der Waals surface area contributed by atoms with E-state index in [1.54, 1.807) is 10.6 Å². The average Bonchev–Trinajstić information content (AvgIpc) is 3.17. The molecule has 0 aliphatic rings. The van der Waals surface area contributed by atoms with Crippen LogP contribution in [0, 0.1) is 12.7 Å². The maximum atomic E-state index is 14.6. The SMILES string of the molecule is Cc1nnc2sc([C@@H](C)c3ccc(-c4ccccc4)c(F)c3)nn12. The number of aryl methyl sites for hydroxylation is 1. The summed E-state index contributed by atoms with van der Waals surface area (Å²) in [5, 5.41) is 13.5. The number of hydrogen-bond acceptors (Lipinski definition) is 4.